The van der Waals surface area contributed by atoms with Crippen molar-refractivity contribution in [2.75, 3.05) is 13.2 Å². The number of hydrogen-bond donors (Lipinski definition) is 4. The van der Waals surface area contributed by atoms with Crippen molar-refractivity contribution in [2.24, 2.45) is 52.3 Å². The Balaban J connectivity index is 1.48. The van der Waals surface area contributed by atoms with Gasteiger partial charge in [0, 0.05) is 6.42 Å². The first-order valence-corrected chi connectivity index (χ1v) is 14.0. The SMILES string of the molecule is CC[C@@H]1C2C[C@H](O)CC[C@]2(C)C2CC[C@@]3(C)C(CCC3[C@H](C)CCC(=O)NOCCO)C2[C@@H]1O. The first-order chi connectivity index (χ1) is 16.2. The van der Waals surface area contributed by atoms with Gasteiger partial charge in [-0.2, -0.15) is 0 Å². The van der Waals surface area contributed by atoms with Gasteiger partial charge in [0.05, 0.1) is 25.4 Å². The molecule has 4 aliphatic rings. The molecular formula is C28H49NO5. The normalized spacial score (nSPS) is 46.8. The van der Waals surface area contributed by atoms with Gasteiger partial charge in [0.2, 0.25) is 5.91 Å². The molecule has 0 aliphatic heterocycles. The van der Waals surface area contributed by atoms with E-state index in [1.807, 2.05) is 0 Å². The van der Waals surface area contributed by atoms with Gasteiger partial charge < -0.3 is 15.3 Å². The van der Waals surface area contributed by atoms with Crippen LogP contribution in [0.4, 0.5) is 0 Å². The highest BCUT2D eigenvalue weighted by molar-refractivity contribution is 5.74. The Morgan fingerprint density at radius 1 is 1.06 bits per heavy atom. The van der Waals surface area contributed by atoms with E-state index in [0.717, 1.165) is 32.1 Å². The number of aliphatic hydroxyl groups excluding tert-OH is 3. The van der Waals surface area contributed by atoms with E-state index in [2.05, 4.69) is 33.2 Å². The molecule has 4 fully saturated rings. The fraction of sp³-hybridized carbons (Fsp3) is 0.964. The summed E-state index contributed by atoms with van der Waals surface area (Å²) in [6.45, 7) is 9.52. The van der Waals surface area contributed by atoms with Crippen molar-refractivity contribution in [1.29, 1.82) is 0 Å². The molecule has 6 heteroatoms. The van der Waals surface area contributed by atoms with Gasteiger partial charge in [-0.15, -0.1) is 0 Å². The van der Waals surface area contributed by atoms with Gasteiger partial charge in [-0.05, 0) is 104 Å². The van der Waals surface area contributed by atoms with Crippen LogP contribution in [0, 0.1) is 52.3 Å². The zero-order chi connectivity index (χ0) is 24.7. The van der Waals surface area contributed by atoms with Crippen LogP contribution in [-0.2, 0) is 9.63 Å². The Labute approximate surface area is 206 Å². The molecular weight excluding hydrogens is 430 g/mol. The van der Waals surface area contributed by atoms with Gasteiger partial charge in [0.25, 0.3) is 0 Å². The summed E-state index contributed by atoms with van der Waals surface area (Å²) in [5.41, 5.74) is 2.89. The van der Waals surface area contributed by atoms with Crippen molar-refractivity contribution < 1.29 is 25.0 Å². The molecule has 0 heterocycles. The fourth-order valence-corrected chi connectivity index (χ4v) is 9.72. The number of carbonyl (C=O) groups excluding carboxylic acids is 1. The van der Waals surface area contributed by atoms with Crippen LogP contribution in [0.2, 0.25) is 0 Å². The van der Waals surface area contributed by atoms with Crippen LogP contribution in [0.3, 0.4) is 0 Å². The number of aliphatic hydroxyl groups is 3. The highest BCUT2D eigenvalue weighted by Gasteiger charge is 2.64. The van der Waals surface area contributed by atoms with Gasteiger partial charge in [0.1, 0.15) is 0 Å². The molecule has 0 aromatic heterocycles. The van der Waals surface area contributed by atoms with E-state index in [-0.39, 0.29) is 42.2 Å². The van der Waals surface area contributed by atoms with Gasteiger partial charge in [-0.3, -0.25) is 9.63 Å². The first-order valence-electron chi connectivity index (χ1n) is 14.0. The van der Waals surface area contributed by atoms with Crippen LogP contribution in [0.5, 0.6) is 0 Å². The Bertz CT molecular complexity index is 717. The van der Waals surface area contributed by atoms with Crippen LogP contribution >= 0.6 is 0 Å². The van der Waals surface area contributed by atoms with Crippen molar-refractivity contribution in [3.05, 3.63) is 0 Å². The molecule has 0 bridgehead atoms. The standard InChI is InChI=1S/C28H49NO5/c1-5-19-23-16-18(31)10-12-28(23,4)22-11-13-27(3)20(7-8-21(27)25(22)26(19)33)17(2)6-9-24(32)29-34-15-14-30/h17-23,25-26,30-31,33H,5-16H2,1-4H3,(H,29,32)/t17-,18-,19-,20?,21?,22?,23?,25?,26-,27-,28-/m1/s1. The van der Waals surface area contributed by atoms with Crippen LogP contribution in [0.15, 0.2) is 0 Å². The lowest BCUT2D eigenvalue weighted by Crippen LogP contribution is -2.62. The van der Waals surface area contributed by atoms with Crippen molar-refractivity contribution >= 4 is 5.91 Å². The number of rotatable bonds is 8. The van der Waals surface area contributed by atoms with Crippen molar-refractivity contribution in [2.45, 2.75) is 104 Å². The smallest absolute Gasteiger partial charge is 0.243 e. The van der Waals surface area contributed by atoms with Gasteiger partial charge in [0.15, 0.2) is 0 Å². The second kappa shape index (κ2) is 10.4. The van der Waals surface area contributed by atoms with Gasteiger partial charge in [-0.25, -0.2) is 5.48 Å². The number of hydroxylamine groups is 1. The van der Waals surface area contributed by atoms with Crippen molar-refractivity contribution in [3.8, 4) is 0 Å². The number of nitrogens with one attached hydrogen (secondary N) is 1. The lowest BCUT2D eigenvalue weighted by molar-refractivity contribution is -0.203. The Morgan fingerprint density at radius 3 is 2.47 bits per heavy atom. The van der Waals surface area contributed by atoms with Crippen molar-refractivity contribution in [3.63, 3.8) is 0 Å². The van der Waals surface area contributed by atoms with E-state index in [1.54, 1.807) is 0 Å². The minimum absolute atomic E-state index is 0.105. The monoisotopic (exact) mass is 479 g/mol. The third-order valence-electron chi connectivity index (χ3n) is 11.4. The maximum absolute atomic E-state index is 12.1. The lowest BCUT2D eigenvalue weighted by Gasteiger charge is -2.64. The molecule has 0 aromatic rings. The molecule has 6 nitrogen and oxygen atoms in total. The van der Waals surface area contributed by atoms with E-state index in [4.69, 9.17) is 9.94 Å². The summed E-state index contributed by atoms with van der Waals surface area (Å²) in [6.07, 6.45) is 9.47. The summed E-state index contributed by atoms with van der Waals surface area (Å²) in [4.78, 5) is 17.1. The highest BCUT2D eigenvalue weighted by Crippen LogP contribution is 2.69. The summed E-state index contributed by atoms with van der Waals surface area (Å²) in [5, 5.41) is 31.1. The summed E-state index contributed by atoms with van der Waals surface area (Å²) in [6, 6.07) is 0. The van der Waals surface area contributed by atoms with Crippen molar-refractivity contribution in [1.82, 2.24) is 5.48 Å². The average Bonchev–Trinajstić information content (AvgIpc) is 3.16. The topological polar surface area (TPSA) is 99.0 Å². The van der Waals surface area contributed by atoms with E-state index in [0.29, 0.717) is 47.8 Å². The van der Waals surface area contributed by atoms with Gasteiger partial charge >= 0.3 is 0 Å². The summed E-state index contributed by atoms with van der Waals surface area (Å²) in [5.74, 6) is 3.12. The molecule has 0 radical (unpaired) electrons. The molecule has 4 rings (SSSR count). The average molecular weight is 480 g/mol. The van der Waals surface area contributed by atoms with Crippen LogP contribution in [-0.4, -0.2) is 46.6 Å². The Hall–Kier alpha value is -0.690. The van der Waals surface area contributed by atoms with E-state index in [9.17, 15) is 15.0 Å². The van der Waals surface area contributed by atoms with Gasteiger partial charge in [-0.1, -0.05) is 34.1 Å². The predicted octanol–water partition coefficient (Wildman–Crippen LogP) is 4.07. The molecule has 0 aromatic carbocycles. The zero-order valence-corrected chi connectivity index (χ0v) is 21.8. The molecule has 196 valence electrons. The van der Waals surface area contributed by atoms with Crippen LogP contribution < -0.4 is 5.48 Å². The minimum Gasteiger partial charge on any atom is -0.394 e. The molecule has 4 N–H and O–H groups in total. The fourth-order valence-electron chi connectivity index (χ4n) is 9.72. The molecule has 34 heavy (non-hydrogen) atoms. The highest BCUT2D eigenvalue weighted by atomic mass is 16.7. The van der Waals surface area contributed by atoms with E-state index >= 15 is 0 Å². The van der Waals surface area contributed by atoms with E-state index < -0.39 is 0 Å². The van der Waals surface area contributed by atoms with Crippen LogP contribution in [0.25, 0.3) is 0 Å². The maximum Gasteiger partial charge on any atom is 0.243 e. The molecule has 5 unspecified atom stereocenters. The number of fused-ring (bicyclic) bond motifs is 5. The third kappa shape index (κ3) is 4.46. The largest absolute Gasteiger partial charge is 0.394 e. The molecule has 4 aliphatic carbocycles. The van der Waals surface area contributed by atoms with E-state index in [1.165, 1.54) is 25.7 Å². The summed E-state index contributed by atoms with van der Waals surface area (Å²) in [7, 11) is 0. The zero-order valence-electron chi connectivity index (χ0n) is 21.8. The predicted molar refractivity (Wildman–Crippen MR) is 131 cm³/mol. The Kier molecular flexibility index (Phi) is 8.03. The third-order valence-corrected chi connectivity index (χ3v) is 11.4. The second-order valence-electron chi connectivity index (χ2n) is 12.7. The molecule has 0 spiro atoms. The first kappa shape index (κ1) is 26.4. The van der Waals surface area contributed by atoms with Crippen LogP contribution in [0.1, 0.15) is 91.9 Å². The molecule has 1 amide bonds. The maximum atomic E-state index is 12.1. The molecule has 11 atom stereocenters. The lowest BCUT2D eigenvalue weighted by atomic mass is 9.41. The number of carbonyl (C=O) groups is 1. The molecule has 4 saturated carbocycles. The molecule has 0 saturated heterocycles. The summed E-state index contributed by atoms with van der Waals surface area (Å²) >= 11 is 0. The second-order valence-corrected chi connectivity index (χ2v) is 12.7. The minimum atomic E-state index is -0.258. The summed E-state index contributed by atoms with van der Waals surface area (Å²) < 4.78 is 0. The quantitative estimate of drug-likeness (QED) is 0.311. The number of amides is 1. The Morgan fingerprint density at radius 2 is 1.76 bits per heavy atom. The number of hydrogen-bond acceptors (Lipinski definition) is 5.